The quantitative estimate of drug-likeness (QED) is 0.925. The molecule has 0 radical (unpaired) electrons. The molecule has 0 saturated carbocycles. The van der Waals surface area contributed by atoms with Crippen LogP contribution in [0.1, 0.15) is 27.0 Å². The van der Waals surface area contributed by atoms with Crippen molar-refractivity contribution in [3.05, 3.63) is 65.0 Å². The van der Waals surface area contributed by atoms with Crippen LogP contribution in [-0.2, 0) is 13.1 Å². The van der Waals surface area contributed by atoms with E-state index in [1.54, 1.807) is 24.3 Å². The minimum Gasteiger partial charge on any atom is -0.337 e. The number of amides is 1. The molecule has 0 aliphatic rings. The van der Waals surface area contributed by atoms with Crippen molar-refractivity contribution in [2.75, 3.05) is 7.05 Å². The molecule has 0 atom stereocenters. The van der Waals surface area contributed by atoms with Gasteiger partial charge in [-0.05, 0) is 29.7 Å². The smallest absolute Gasteiger partial charge is 0.255 e. The predicted molar refractivity (Wildman–Crippen MR) is 79.1 cm³/mol. The highest BCUT2D eigenvalue weighted by atomic mass is 16.2. The van der Waals surface area contributed by atoms with Gasteiger partial charge >= 0.3 is 0 Å². The molecule has 0 bridgehead atoms. The lowest BCUT2D eigenvalue weighted by Crippen LogP contribution is -2.26. The standard InChI is InChI=1S/C16H19N3O/c1-12-7-15(10-18-9-12)16(20)19(2)11-14-5-3-13(8-17)4-6-14/h3-7,9-10H,8,11,17H2,1-2H3. The zero-order valence-corrected chi connectivity index (χ0v) is 11.8. The molecular formula is C16H19N3O. The first-order valence-corrected chi connectivity index (χ1v) is 6.55. The van der Waals surface area contributed by atoms with Crippen molar-refractivity contribution in [2.24, 2.45) is 5.73 Å². The summed E-state index contributed by atoms with van der Waals surface area (Å²) >= 11 is 0. The van der Waals surface area contributed by atoms with Crippen molar-refractivity contribution in [3.8, 4) is 0 Å². The molecule has 1 aromatic heterocycles. The molecular weight excluding hydrogens is 250 g/mol. The second-order valence-electron chi connectivity index (χ2n) is 4.93. The molecule has 0 saturated heterocycles. The van der Waals surface area contributed by atoms with Crippen LogP contribution in [0.15, 0.2) is 42.7 Å². The summed E-state index contributed by atoms with van der Waals surface area (Å²) in [6.45, 7) is 3.02. The highest BCUT2D eigenvalue weighted by molar-refractivity contribution is 5.93. The molecule has 0 aliphatic heterocycles. The van der Waals surface area contributed by atoms with Gasteiger partial charge in [0.1, 0.15) is 0 Å². The average molecular weight is 269 g/mol. The van der Waals surface area contributed by atoms with E-state index >= 15 is 0 Å². The van der Waals surface area contributed by atoms with Crippen molar-refractivity contribution in [3.63, 3.8) is 0 Å². The first-order valence-electron chi connectivity index (χ1n) is 6.55. The number of rotatable bonds is 4. The van der Waals surface area contributed by atoms with Crippen LogP contribution < -0.4 is 5.73 Å². The number of aryl methyl sites for hydroxylation is 1. The number of carbonyl (C=O) groups is 1. The van der Waals surface area contributed by atoms with Crippen molar-refractivity contribution < 1.29 is 4.79 Å². The molecule has 1 aromatic carbocycles. The molecule has 0 fully saturated rings. The van der Waals surface area contributed by atoms with Crippen molar-refractivity contribution in [2.45, 2.75) is 20.0 Å². The van der Waals surface area contributed by atoms with Crippen LogP contribution in [0.4, 0.5) is 0 Å². The molecule has 0 spiro atoms. The lowest BCUT2D eigenvalue weighted by atomic mass is 10.1. The number of hydrogen-bond acceptors (Lipinski definition) is 3. The Morgan fingerprint density at radius 3 is 2.45 bits per heavy atom. The van der Waals surface area contributed by atoms with Crippen LogP contribution >= 0.6 is 0 Å². The molecule has 104 valence electrons. The van der Waals surface area contributed by atoms with Gasteiger partial charge < -0.3 is 10.6 Å². The van der Waals surface area contributed by atoms with E-state index < -0.39 is 0 Å². The molecule has 1 heterocycles. The Hall–Kier alpha value is -2.20. The van der Waals surface area contributed by atoms with Gasteiger partial charge in [0.2, 0.25) is 0 Å². The topological polar surface area (TPSA) is 59.2 Å². The molecule has 2 rings (SSSR count). The number of nitrogens with zero attached hydrogens (tertiary/aromatic N) is 2. The summed E-state index contributed by atoms with van der Waals surface area (Å²) in [5, 5.41) is 0. The van der Waals surface area contributed by atoms with Gasteiger partial charge in [0.15, 0.2) is 0 Å². The molecule has 0 aliphatic carbocycles. The Morgan fingerprint density at radius 1 is 1.20 bits per heavy atom. The molecule has 4 nitrogen and oxygen atoms in total. The second kappa shape index (κ2) is 6.30. The highest BCUT2D eigenvalue weighted by Gasteiger charge is 2.12. The zero-order valence-electron chi connectivity index (χ0n) is 11.8. The van der Waals surface area contributed by atoms with E-state index in [9.17, 15) is 4.79 Å². The summed E-state index contributed by atoms with van der Waals surface area (Å²) in [6, 6.07) is 9.83. The minimum absolute atomic E-state index is 0.0240. The fourth-order valence-corrected chi connectivity index (χ4v) is 2.02. The summed E-state index contributed by atoms with van der Waals surface area (Å²) in [6.07, 6.45) is 3.34. The summed E-state index contributed by atoms with van der Waals surface area (Å²) in [7, 11) is 1.79. The Labute approximate surface area is 119 Å². The summed E-state index contributed by atoms with van der Waals surface area (Å²) in [4.78, 5) is 18.0. The SMILES string of the molecule is Cc1cncc(C(=O)N(C)Cc2ccc(CN)cc2)c1. The summed E-state index contributed by atoms with van der Waals surface area (Å²) in [5.74, 6) is -0.0240. The van der Waals surface area contributed by atoms with E-state index in [1.165, 1.54) is 0 Å². The van der Waals surface area contributed by atoms with Crippen LogP contribution in [0, 0.1) is 6.92 Å². The van der Waals surface area contributed by atoms with Gasteiger partial charge in [-0.2, -0.15) is 0 Å². The Morgan fingerprint density at radius 2 is 1.85 bits per heavy atom. The van der Waals surface area contributed by atoms with Crippen LogP contribution in [0.5, 0.6) is 0 Å². The number of aromatic nitrogens is 1. The lowest BCUT2D eigenvalue weighted by molar-refractivity contribution is 0.0784. The van der Waals surface area contributed by atoms with E-state index in [0.29, 0.717) is 18.7 Å². The highest BCUT2D eigenvalue weighted by Crippen LogP contribution is 2.10. The molecule has 2 aromatic rings. The molecule has 4 heteroatoms. The van der Waals surface area contributed by atoms with E-state index in [2.05, 4.69) is 4.98 Å². The van der Waals surface area contributed by atoms with Gasteiger partial charge in [0.05, 0.1) is 5.56 Å². The molecule has 2 N–H and O–H groups in total. The number of hydrogen-bond donors (Lipinski definition) is 1. The van der Waals surface area contributed by atoms with Crippen LogP contribution in [0.3, 0.4) is 0 Å². The number of nitrogens with two attached hydrogens (primary N) is 1. The monoisotopic (exact) mass is 269 g/mol. The van der Waals surface area contributed by atoms with Gasteiger partial charge in [0.25, 0.3) is 5.91 Å². The van der Waals surface area contributed by atoms with Crippen molar-refractivity contribution >= 4 is 5.91 Å². The first-order chi connectivity index (χ1) is 9.60. The minimum atomic E-state index is -0.0240. The lowest BCUT2D eigenvalue weighted by Gasteiger charge is -2.17. The molecule has 1 amide bonds. The predicted octanol–water partition coefficient (Wildman–Crippen LogP) is 2.12. The van der Waals surface area contributed by atoms with Crippen LogP contribution in [0.25, 0.3) is 0 Å². The largest absolute Gasteiger partial charge is 0.337 e. The van der Waals surface area contributed by atoms with Crippen LogP contribution in [0.2, 0.25) is 0 Å². The van der Waals surface area contributed by atoms with E-state index in [0.717, 1.165) is 16.7 Å². The maximum Gasteiger partial charge on any atom is 0.255 e. The first kappa shape index (κ1) is 14.2. The Bertz CT molecular complexity index is 593. The number of benzene rings is 1. The Balaban J connectivity index is 2.07. The Kier molecular flexibility index (Phi) is 4.48. The van der Waals surface area contributed by atoms with Crippen molar-refractivity contribution in [1.29, 1.82) is 0 Å². The summed E-state index contributed by atoms with van der Waals surface area (Å²) < 4.78 is 0. The summed E-state index contributed by atoms with van der Waals surface area (Å²) in [5.41, 5.74) is 9.34. The number of pyridine rings is 1. The normalized spacial score (nSPS) is 10.3. The van der Waals surface area contributed by atoms with Gasteiger partial charge in [-0.25, -0.2) is 0 Å². The molecule has 0 unspecified atom stereocenters. The third kappa shape index (κ3) is 3.42. The number of carbonyl (C=O) groups excluding carboxylic acids is 1. The van der Waals surface area contributed by atoms with Gasteiger partial charge in [0, 0.05) is 32.5 Å². The fourth-order valence-electron chi connectivity index (χ4n) is 2.02. The van der Waals surface area contributed by atoms with Gasteiger partial charge in [-0.15, -0.1) is 0 Å². The maximum absolute atomic E-state index is 12.3. The van der Waals surface area contributed by atoms with Gasteiger partial charge in [-0.3, -0.25) is 9.78 Å². The zero-order chi connectivity index (χ0) is 14.5. The van der Waals surface area contributed by atoms with E-state index in [4.69, 9.17) is 5.73 Å². The third-order valence-electron chi connectivity index (χ3n) is 3.15. The van der Waals surface area contributed by atoms with Crippen LogP contribution in [-0.4, -0.2) is 22.8 Å². The van der Waals surface area contributed by atoms with Gasteiger partial charge in [-0.1, -0.05) is 24.3 Å². The van der Waals surface area contributed by atoms with Crippen molar-refractivity contribution in [1.82, 2.24) is 9.88 Å². The fraction of sp³-hybridized carbons (Fsp3) is 0.250. The molecule has 20 heavy (non-hydrogen) atoms. The second-order valence-corrected chi connectivity index (χ2v) is 4.93. The third-order valence-corrected chi connectivity index (χ3v) is 3.15. The maximum atomic E-state index is 12.3. The van der Waals surface area contributed by atoms with E-state index in [1.807, 2.05) is 37.3 Å². The van der Waals surface area contributed by atoms with E-state index in [-0.39, 0.29) is 5.91 Å². The average Bonchev–Trinajstić information content (AvgIpc) is 2.47.